The summed E-state index contributed by atoms with van der Waals surface area (Å²) >= 11 is 45.1. The molecule has 17 nitrogen and oxygen atoms in total. The Morgan fingerprint density at radius 2 is 0.951 bits per heavy atom. The molecule has 5 N–H and O–H groups in total. The molecule has 6 aromatic rings. The molecular formula is C51H58Br2ClN4NaO13S9. The molecule has 0 aliphatic carbocycles. The fourth-order valence-electron chi connectivity index (χ4n) is 4.52. The van der Waals surface area contributed by atoms with Gasteiger partial charge in [-0.05, 0) is 142 Å². The molecule has 0 atom stereocenters. The maximum absolute atomic E-state index is 11.5. The maximum atomic E-state index is 11.5. The topological polar surface area (TPSA) is 245 Å². The van der Waals surface area contributed by atoms with Crippen LogP contribution in [0.4, 0.5) is 0 Å². The van der Waals surface area contributed by atoms with Crippen LogP contribution < -0.4 is 43.1 Å². The first-order valence-corrected chi connectivity index (χ1v) is 29.2. The molecular weight excluding hydrogens is 1380 g/mol. The van der Waals surface area contributed by atoms with Crippen LogP contribution in [0.2, 0.25) is 0 Å². The van der Waals surface area contributed by atoms with E-state index in [9.17, 15) is 28.8 Å². The van der Waals surface area contributed by atoms with E-state index in [1.165, 1.54) is 69.5 Å². The molecule has 81 heavy (non-hydrogen) atoms. The number of esters is 1. The minimum atomic E-state index is -0.950. The van der Waals surface area contributed by atoms with Gasteiger partial charge < -0.3 is 55.3 Å². The van der Waals surface area contributed by atoms with Gasteiger partial charge in [0, 0.05) is 98.6 Å². The number of Topliss-reactive ketones (excluding diaryl/α,β-unsaturated/α-hetero) is 3. The summed E-state index contributed by atoms with van der Waals surface area (Å²) in [5, 5.41) is 35.2. The molecule has 6 rings (SSSR count). The number of phenolic OH excluding ortho intramolecular Hbond substituents is 2. The summed E-state index contributed by atoms with van der Waals surface area (Å²) in [5.41, 5.74) is 2.28. The van der Waals surface area contributed by atoms with E-state index in [1.54, 1.807) is 118 Å². The van der Waals surface area contributed by atoms with E-state index in [-0.39, 0.29) is 84.3 Å². The van der Waals surface area contributed by atoms with Crippen LogP contribution in [-0.2, 0) is 4.74 Å². The van der Waals surface area contributed by atoms with Gasteiger partial charge in [0.05, 0.1) is 18.2 Å². The number of carbonyl (C=O) groups excluding carboxylic acids is 4. The number of aromatic carboxylic acids is 1. The molecule has 0 aliphatic rings. The van der Waals surface area contributed by atoms with Crippen LogP contribution in [-0.4, -0.2) is 139 Å². The second-order valence-electron chi connectivity index (χ2n) is 15.4. The third-order valence-electron chi connectivity index (χ3n) is 8.64. The number of methoxy groups -OCH3 is 1. The summed E-state index contributed by atoms with van der Waals surface area (Å²) < 4.78 is 17.9. The molecule has 0 spiro atoms. The number of fused-ring (bicyclic) bond motifs is 1. The largest absolute Gasteiger partial charge is 1.00 e. The van der Waals surface area contributed by atoms with Gasteiger partial charge >= 0.3 is 41.5 Å². The van der Waals surface area contributed by atoms with Crippen LogP contribution in [0.1, 0.15) is 72.6 Å². The number of carbonyl (C=O) groups is 5. The summed E-state index contributed by atoms with van der Waals surface area (Å²) in [4.78, 5) is 73.4. The second kappa shape index (κ2) is 44.1. The molecule has 1 heterocycles. The van der Waals surface area contributed by atoms with Gasteiger partial charge in [0.1, 0.15) is 0 Å². The van der Waals surface area contributed by atoms with Crippen LogP contribution in [0.25, 0.3) is 15.3 Å². The summed E-state index contributed by atoms with van der Waals surface area (Å²) in [5.74, 6) is 3.54. The van der Waals surface area contributed by atoms with Crippen molar-refractivity contribution in [3.63, 3.8) is 0 Å². The number of thiocarbonyl (C=S) groups is 3. The first kappa shape index (κ1) is 81.8. The van der Waals surface area contributed by atoms with E-state index in [1.807, 2.05) is 0 Å². The molecule has 0 amide bonds. The maximum Gasteiger partial charge on any atom is 1.00 e. The van der Waals surface area contributed by atoms with Crippen LogP contribution in [0.5, 0.6) is 23.0 Å². The zero-order valence-electron chi connectivity index (χ0n) is 45.3. The second-order valence-corrected chi connectivity index (χ2v) is 22.9. The smallest absolute Gasteiger partial charge is 0.553 e. The number of aromatic hydroxyl groups is 2. The Balaban J connectivity index is -0.000000908. The predicted molar refractivity (Wildman–Crippen MR) is 352 cm³/mol. The van der Waals surface area contributed by atoms with Crippen LogP contribution in [0.15, 0.2) is 115 Å². The van der Waals surface area contributed by atoms with Gasteiger partial charge in [-0.3, -0.25) is 19.2 Å². The van der Waals surface area contributed by atoms with Crippen LogP contribution >= 0.6 is 153 Å². The van der Waals surface area contributed by atoms with E-state index in [2.05, 4.69) is 99.3 Å². The quantitative estimate of drug-likeness (QED) is 0.00675. The Morgan fingerprint density at radius 3 is 1.35 bits per heavy atom. The van der Waals surface area contributed by atoms with Crippen LogP contribution in [0, 0.1) is 0 Å². The minimum Gasteiger partial charge on any atom is -0.553 e. The molecule has 0 bridgehead atoms. The molecule has 0 aliphatic heterocycles. The Labute approximate surface area is 560 Å². The standard InChI is InChI=1S/C14H18N2O3S2.C9H6O3S2.C8H8O3.C8H8OS2.C7H6O2S2.C3H6ClNS.C2H4Br2.H2NO.Na/c1-9(17)10-6-7-11(18-13(20)15(2)3)12(8-10)19-14(21)16(4)5;1-12-8(10)5-2-3-6-7(4-5)14-9(11)13-6;2*1-5(9)6-2-3-7(10)8(11)4-6;8-7(9)4-1-2-5(10)6(11)3-4;1-5(2)3(4)6;3-1-2-4;1-2;/h6-8H,1-5H3;2-4H,1H3;2*2-4,10-11H,1H3;1-3,10-11H,(H,8,9);1-2H3;1-2H2;1-2H;/q;;;;;;;-1;+1. The third-order valence-corrected chi connectivity index (χ3v) is 16.1. The summed E-state index contributed by atoms with van der Waals surface area (Å²) in [6, 6.07) is 23.8. The van der Waals surface area contributed by atoms with E-state index >= 15 is 0 Å². The summed E-state index contributed by atoms with van der Waals surface area (Å²) in [7, 11) is 12.0. The van der Waals surface area contributed by atoms with Crippen molar-refractivity contribution in [3.8, 4) is 23.0 Å². The number of hydrogen-bond donors (Lipinski definition) is 8. The Kier molecular flexibility index (Phi) is 44.6. The predicted octanol–water partition coefficient (Wildman–Crippen LogP) is 10.5. The molecule has 0 fully saturated rings. The van der Waals surface area contributed by atoms with Crippen molar-refractivity contribution in [1.82, 2.24) is 14.7 Å². The number of alkyl halides is 2. The summed E-state index contributed by atoms with van der Waals surface area (Å²) in [6.07, 6.45) is 0. The van der Waals surface area contributed by atoms with Gasteiger partial charge in [-0.25, -0.2) is 9.59 Å². The molecule has 0 radical (unpaired) electrons. The Morgan fingerprint density at radius 1 is 0.568 bits per heavy atom. The number of hydrogen-bond acceptors (Lipinski definition) is 21. The fraction of sp³-hybridized carbons (Fsp3) is 0.235. The first-order chi connectivity index (χ1) is 37.3. The molecule has 0 saturated heterocycles. The van der Waals surface area contributed by atoms with E-state index in [4.69, 9.17) is 71.9 Å². The van der Waals surface area contributed by atoms with E-state index in [0.29, 0.717) is 48.0 Å². The number of halogens is 3. The van der Waals surface area contributed by atoms with Gasteiger partial charge in [0.2, 0.25) is 0 Å². The fourth-order valence-corrected chi connectivity index (χ4v) is 7.37. The van der Waals surface area contributed by atoms with Crippen molar-refractivity contribution in [2.75, 3.05) is 60.1 Å². The number of nitrogens with one attached hydrogen (secondary N) is 1. The van der Waals surface area contributed by atoms with Crippen molar-refractivity contribution in [2.24, 2.45) is 0 Å². The van der Waals surface area contributed by atoms with Crippen LogP contribution in [0.3, 0.4) is 0 Å². The molecule has 5 aromatic carbocycles. The number of carboxylic acid groups (broad SMARTS) is 1. The van der Waals surface area contributed by atoms with Gasteiger partial charge in [0.15, 0.2) is 44.8 Å². The molecule has 1 aromatic heterocycles. The number of ketones is 3. The third kappa shape index (κ3) is 33.6. The number of thiol groups is 4. The van der Waals surface area contributed by atoms with Crippen molar-refractivity contribution >= 4 is 207 Å². The average molecular weight is 1440 g/mol. The van der Waals surface area contributed by atoms with Gasteiger partial charge in [-0.1, -0.05) is 72.2 Å². The SMILES string of the molecule is BrCCBr.CC(=O)c1ccc(O)c(O)c1.CC(=O)c1ccc(OC(=S)N(C)C)c(OC(=S)N(C)C)c1.CC(=O)c1ccc(S)c(S)c1.CN(C)C(=S)Cl.COC(=O)c1ccc2sc(=O)sc2c1.O=C(O)c1ccc(S)c(S)c1.[NH-]O.[Na+]. The number of nitrogens with zero attached hydrogens (tertiary/aromatic N) is 3. The van der Waals surface area contributed by atoms with Crippen molar-refractivity contribution in [3.05, 3.63) is 134 Å². The van der Waals surface area contributed by atoms with Crippen molar-refractivity contribution in [1.29, 1.82) is 0 Å². The molecule has 436 valence electrons. The number of benzene rings is 5. The van der Waals surface area contributed by atoms with Crippen molar-refractivity contribution in [2.45, 2.75) is 40.4 Å². The minimum absolute atomic E-state index is 0. The van der Waals surface area contributed by atoms with Gasteiger partial charge in [-0.2, -0.15) is 0 Å². The normalized spacial score (nSPS) is 9.27. The zero-order valence-corrected chi connectivity index (χ0v) is 58.9. The number of phenols is 2. The number of ether oxygens (including phenoxy) is 3. The van der Waals surface area contributed by atoms with Gasteiger partial charge in [-0.15, -0.1) is 50.5 Å². The molecule has 30 heteroatoms. The van der Waals surface area contributed by atoms with Gasteiger partial charge in [0.25, 0.3) is 14.4 Å². The van der Waals surface area contributed by atoms with E-state index in [0.717, 1.165) is 41.2 Å². The van der Waals surface area contributed by atoms with E-state index < -0.39 is 5.97 Å². The monoisotopic (exact) mass is 1440 g/mol. The number of carboxylic acids is 1. The zero-order chi connectivity index (χ0) is 62.1. The first-order valence-electron chi connectivity index (χ1n) is 21.9. The van der Waals surface area contributed by atoms with Crippen molar-refractivity contribution < 1.29 is 88.3 Å². The molecule has 0 saturated carbocycles. The number of rotatable bonds is 8. The summed E-state index contributed by atoms with van der Waals surface area (Å²) in [6.45, 7) is 4.40. The average Bonchev–Trinajstić information content (AvgIpc) is 3.79. The molecule has 0 unspecified atom stereocenters. The Bertz CT molecular complexity index is 2970. The Hall–Kier alpha value is -3.40.